The minimum absolute atomic E-state index is 0.741. The molecule has 1 aliphatic heterocycles. The number of allylic oxidation sites excluding steroid dienone is 2. The first-order valence-corrected chi connectivity index (χ1v) is 5.91. The Morgan fingerprint density at radius 3 is 2.75 bits per heavy atom. The molecule has 0 aliphatic carbocycles. The molecule has 1 aromatic rings. The summed E-state index contributed by atoms with van der Waals surface area (Å²) in [5.74, 6) is 0.741. The Hall–Kier alpha value is -1.50. The van der Waals surface area contributed by atoms with E-state index >= 15 is 0 Å². The normalized spacial score (nSPS) is 14.4. The van der Waals surface area contributed by atoms with E-state index in [1.54, 1.807) is 0 Å². The summed E-state index contributed by atoms with van der Waals surface area (Å²) in [6, 6.07) is 8.48. The van der Waals surface area contributed by atoms with Crippen LogP contribution in [0.25, 0.3) is 5.57 Å². The molecule has 0 atom stereocenters. The first-order chi connectivity index (χ1) is 7.68. The zero-order valence-corrected chi connectivity index (χ0v) is 10.1. The SMILES string of the molecule is C=C1C=CN(CCC(C)C)c2ccccc21. The highest BCUT2D eigenvalue weighted by atomic mass is 15.1. The Labute approximate surface area is 98.1 Å². The number of fused-ring (bicyclic) bond motifs is 1. The lowest BCUT2D eigenvalue weighted by Crippen LogP contribution is -2.22. The molecule has 1 aromatic carbocycles. The van der Waals surface area contributed by atoms with E-state index < -0.39 is 0 Å². The van der Waals surface area contributed by atoms with Crippen molar-refractivity contribution in [1.82, 2.24) is 0 Å². The van der Waals surface area contributed by atoms with Crippen LogP contribution in [-0.2, 0) is 0 Å². The van der Waals surface area contributed by atoms with Crippen LogP contribution < -0.4 is 4.90 Å². The molecule has 1 nitrogen and oxygen atoms in total. The standard InChI is InChI=1S/C15H19N/c1-12(2)8-10-16-11-9-13(3)14-6-4-5-7-15(14)16/h4-7,9,11-12H,3,8,10H2,1-2H3. The molecule has 1 aliphatic rings. The van der Waals surface area contributed by atoms with Gasteiger partial charge in [-0.05, 0) is 30.1 Å². The van der Waals surface area contributed by atoms with Crippen LogP contribution >= 0.6 is 0 Å². The molecule has 0 amide bonds. The lowest BCUT2D eigenvalue weighted by molar-refractivity contribution is 0.589. The van der Waals surface area contributed by atoms with Gasteiger partial charge in [0.2, 0.25) is 0 Å². The third-order valence-electron chi connectivity index (χ3n) is 2.96. The summed E-state index contributed by atoms with van der Waals surface area (Å²) in [4.78, 5) is 2.32. The summed E-state index contributed by atoms with van der Waals surface area (Å²) < 4.78 is 0. The molecular formula is C15H19N. The van der Waals surface area contributed by atoms with Crippen LogP contribution in [0.2, 0.25) is 0 Å². The van der Waals surface area contributed by atoms with Crippen LogP contribution in [-0.4, -0.2) is 6.54 Å². The minimum Gasteiger partial charge on any atom is -0.347 e. The number of para-hydroxylation sites is 1. The van der Waals surface area contributed by atoms with Gasteiger partial charge in [-0.15, -0.1) is 0 Å². The van der Waals surface area contributed by atoms with Crippen LogP contribution in [0, 0.1) is 5.92 Å². The monoisotopic (exact) mass is 213 g/mol. The van der Waals surface area contributed by atoms with Gasteiger partial charge in [0.05, 0.1) is 0 Å². The first kappa shape index (κ1) is 11.0. The second-order valence-corrected chi connectivity index (χ2v) is 4.73. The molecule has 0 N–H and O–H groups in total. The van der Waals surface area contributed by atoms with Crippen LogP contribution in [0.5, 0.6) is 0 Å². The largest absolute Gasteiger partial charge is 0.347 e. The fraction of sp³-hybridized carbons (Fsp3) is 0.333. The minimum atomic E-state index is 0.741. The Morgan fingerprint density at radius 2 is 2.00 bits per heavy atom. The van der Waals surface area contributed by atoms with Crippen LogP contribution in [0.4, 0.5) is 5.69 Å². The smallest absolute Gasteiger partial charge is 0.0485 e. The van der Waals surface area contributed by atoms with E-state index in [1.165, 1.54) is 17.7 Å². The molecule has 1 heteroatoms. The Bertz CT molecular complexity index is 415. The molecule has 0 saturated heterocycles. The summed E-state index contributed by atoms with van der Waals surface area (Å²) in [6.07, 6.45) is 5.46. The maximum Gasteiger partial charge on any atom is 0.0485 e. The topological polar surface area (TPSA) is 3.24 Å². The van der Waals surface area contributed by atoms with Crippen LogP contribution in [0.15, 0.2) is 43.1 Å². The lowest BCUT2D eigenvalue weighted by atomic mass is 10.0. The molecule has 16 heavy (non-hydrogen) atoms. The van der Waals surface area contributed by atoms with Crippen molar-refractivity contribution >= 4 is 11.3 Å². The maximum absolute atomic E-state index is 4.07. The van der Waals surface area contributed by atoms with Gasteiger partial charge in [-0.2, -0.15) is 0 Å². The number of anilines is 1. The van der Waals surface area contributed by atoms with Crippen molar-refractivity contribution in [2.45, 2.75) is 20.3 Å². The van der Waals surface area contributed by atoms with Gasteiger partial charge in [0.1, 0.15) is 0 Å². The number of hydrogen-bond donors (Lipinski definition) is 0. The molecule has 0 unspecified atom stereocenters. The molecule has 0 saturated carbocycles. The highest BCUT2D eigenvalue weighted by Crippen LogP contribution is 2.31. The fourth-order valence-corrected chi connectivity index (χ4v) is 1.94. The predicted molar refractivity (Wildman–Crippen MR) is 71.4 cm³/mol. The summed E-state index contributed by atoms with van der Waals surface area (Å²) in [5, 5.41) is 0. The molecule has 84 valence electrons. The van der Waals surface area contributed by atoms with E-state index in [-0.39, 0.29) is 0 Å². The third-order valence-corrected chi connectivity index (χ3v) is 2.96. The number of rotatable bonds is 3. The van der Waals surface area contributed by atoms with Crippen molar-refractivity contribution in [3.63, 3.8) is 0 Å². The summed E-state index contributed by atoms with van der Waals surface area (Å²) in [5.41, 5.74) is 3.65. The second kappa shape index (κ2) is 4.56. The third kappa shape index (κ3) is 2.19. The molecule has 0 bridgehead atoms. The van der Waals surface area contributed by atoms with Crippen molar-refractivity contribution in [3.05, 3.63) is 48.7 Å². The van der Waals surface area contributed by atoms with Crippen molar-refractivity contribution in [1.29, 1.82) is 0 Å². The average Bonchev–Trinajstić information content (AvgIpc) is 2.28. The van der Waals surface area contributed by atoms with Crippen molar-refractivity contribution in [2.75, 3.05) is 11.4 Å². The van der Waals surface area contributed by atoms with E-state index in [0.29, 0.717) is 0 Å². The van der Waals surface area contributed by atoms with Gasteiger partial charge < -0.3 is 4.90 Å². The predicted octanol–water partition coefficient (Wildman–Crippen LogP) is 4.08. The quantitative estimate of drug-likeness (QED) is 0.731. The Kier molecular flexibility index (Phi) is 3.14. The molecule has 2 rings (SSSR count). The molecule has 0 fully saturated rings. The zero-order valence-electron chi connectivity index (χ0n) is 10.1. The van der Waals surface area contributed by atoms with E-state index in [4.69, 9.17) is 0 Å². The second-order valence-electron chi connectivity index (χ2n) is 4.73. The van der Waals surface area contributed by atoms with Crippen molar-refractivity contribution < 1.29 is 0 Å². The number of benzene rings is 1. The fourth-order valence-electron chi connectivity index (χ4n) is 1.94. The molecule has 0 spiro atoms. The van der Waals surface area contributed by atoms with Crippen molar-refractivity contribution in [3.8, 4) is 0 Å². The molecule has 1 heterocycles. The Morgan fingerprint density at radius 1 is 1.25 bits per heavy atom. The molecule has 0 radical (unpaired) electrons. The van der Waals surface area contributed by atoms with Gasteiger partial charge in [-0.25, -0.2) is 0 Å². The van der Waals surface area contributed by atoms with E-state index in [1.807, 2.05) is 0 Å². The molecule has 0 aromatic heterocycles. The van der Waals surface area contributed by atoms with Gasteiger partial charge in [0, 0.05) is 24.0 Å². The maximum atomic E-state index is 4.07. The van der Waals surface area contributed by atoms with Crippen LogP contribution in [0.3, 0.4) is 0 Å². The van der Waals surface area contributed by atoms with Crippen molar-refractivity contribution in [2.24, 2.45) is 5.92 Å². The Balaban J connectivity index is 2.22. The zero-order chi connectivity index (χ0) is 11.5. The summed E-state index contributed by atoms with van der Waals surface area (Å²) >= 11 is 0. The summed E-state index contributed by atoms with van der Waals surface area (Å²) in [7, 11) is 0. The van der Waals surface area contributed by atoms with Crippen LogP contribution in [0.1, 0.15) is 25.8 Å². The van der Waals surface area contributed by atoms with E-state index in [0.717, 1.165) is 18.0 Å². The highest BCUT2D eigenvalue weighted by Gasteiger charge is 2.14. The summed E-state index contributed by atoms with van der Waals surface area (Å²) in [6.45, 7) is 9.68. The lowest BCUT2D eigenvalue weighted by Gasteiger charge is -2.27. The van der Waals surface area contributed by atoms with E-state index in [9.17, 15) is 0 Å². The van der Waals surface area contributed by atoms with Gasteiger partial charge in [-0.3, -0.25) is 0 Å². The number of nitrogens with zero attached hydrogens (tertiary/aromatic N) is 1. The average molecular weight is 213 g/mol. The first-order valence-electron chi connectivity index (χ1n) is 5.91. The number of hydrogen-bond acceptors (Lipinski definition) is 1. The van der Waals surface area contributed by atoms with Gasteiger partial charge in [0.25, 0.3) is 0 Å². The van der Waals surface area contributed by atoms with E-state index in [2.05, 4.69) is 61.9 Å². The highest BCUT2D eigenvalue weighted by molar-refractivity contribution is 5.84. The van der Waals surface area contributed by atoms with Gasteiger partial charge >= 0.3 is 0 Å². The van der Waals surface area contributed by atoms with Gasteiger partial charge in [0.15, 0.2) is 0 Å². The molecular weight excluding hydrogens is 194 g/mol. The van der Waals surface area contributed by atoms with Gasteiger partial charge in [-0.1, -0.05) is 38.6 Å².